The highest BCUT2D eigenvalue weighted by atomic mass is 16.5. The zero-order valence-corrected chi connectivity index (χ0v) is 16.5. The number of benzene rings is 1. The predicted molar refractivity (Wildman–Crippen MR) is 103 cm³/mol. The highest BCUT2D eigenvalue weighted by Crippen LogP contribution is 2.43. The van der Waals surface area contributed by atoms with Crippen molar-refractivity contribution in [3.05, 3.63) is 58.1 Å². The number of carbonyl (C=O) groups is 1. The van der Waals surface area contributed by atoms with Crippen LogP contribution in [-0.4, -0.2) is 22.8 Å². The van der Waals surface area contributed by atoms with Crippen LogP contribution in [0.2, 0.25) is 0 Å². The van der Waals surface area contributed by atoms with Crippen LogP contribution in [0.4, 0.5) is 0 Å². The minimum atomic E-state index is -0.467. The van der Waals surface area contributed by atoms with Crippen molar-refractivity contribution in [2.45, 2.75) is 45.4 Å². The molecule has 1 unspecified atom stereocenters. The van der Waals surface area contributed by atoms with E-state index in [2.05, 4.69) is 37.0 Å². The number of nitrogens with zero attached hydrogens (tertiary/aromatic N) is 2. The molecule has 1 aliphatic rings. The molecule has 0 spiro atoms. The fraction of sp³-hybridized carbons (Fsp3) is 0.381. The van der Waals surface area contributed by atoms with Crippen molar-refractivity contribution >= 4 is 5.97 Å². The second-order valence-corrected chi connectivity index (χ2v) is 7.70. The van der Waals surface area contributed by atoms with E-state index in [-0.39, 0.29) is 29.6 Å². The molecule has 0 saturated heterocycles. The number of nitriles is 1. The monoisotopic (exact) mass is 380 g/mol. The summed E-state index contributed by atoms with van der Waals surface area (Å²) in [7, 11) is 0. The van der Waals surface area contributed by atoms with Crippen molar-refractivity contribution in [1.82, 2.24) is 10.2 Å². The Kier molecular flexibility index (Phi) is 5.14. The van der Waals surface area contributed by atoms with Gasteiger partial charge in [0, 0.05) is 0 Å². The first-order valence-corrected chi connectivity index (χ1v) is 9.17. The molecule has 0 fully saturated rings. The van der Waals surface area contributed by atoms with Gasteiger partial charge in [0.1, 0.15) is 11.6 Å². The Morgan fingerprint density at radius 1 is 1.36 bits per heavy atom. The van der Waals surface area contributed by atoms with Gasteiger partial charge in [0.2, 0.25) is 11.8 Å². The highest BCUT2D eigenvalue weighted by Gasteiger charge is 2.35. The molecule has 0 saturated carbocycles. The first-order valence-electron chi connectivity index (χ1n) is 9.17. The van der Waals surface area contributed by atoms with Crippen molar-refractivity contribution in [3.8, 4) is 11.9 Å². The molecule has 2 aromatic rings. The molecule has 0 radical (unpaired) electrons. The van der Waals surface area contributed by atoms with Crippen LogP contribution in [0.3, 0.4) is 0 Å². The van der Waals surface area contributed by atoms with E-state index in [1.807, 2.05) is 24.3 Å². The summed E-state index contributed by atoms with van der Waals surface area (Å²) in [4.78, 5) is 12.0. The molecule has 3 N–H and O–H groups in total. The van der Waals surface area contributed by atoms with Gasteiger partial charge in [0.15, 0.2) is 0 Å². The van der Waals surface area contributed by atoms with Crippen LogP contribution in [0.25, 0.3) is 0 Å². The molecule has 0 bridgehead atoms. The second-order valence-electron chi connectivity index (χ2n) is 7.70. The zero-order chi connectivity index (χ0) is 20.5. The largest absolute Gasteiger partial charge is 0.466 e. The smallest absolute Gasteiger partial charge is 0.311 e. The number of aromatic amines is 1. The molecule has 1 atom stereocenters. The van der Waals surface area contributed by atoms with Crippen LogP contribution in [0, 0.1) is 11.3 Å². The number of hydrogen-bond donors (Lipinski definition) is 2. The second kappa shape index (κ2) is 7.39. The van der Waals surface area contributed by atoms with Gasteiger partial charge in [-0.1, -0.05) is 45.0 Å². The zero-order valence-electron chi connectivity index (χ0n) is 16.5. The number of hydrogen-bond acceptors (Lipinski definition) is 6. The number of aromatic nitrogens is 2. The molecule has 0 amide bonds. The van der Waals surface area contributed by atoms with Crippen LogP contribution in [-0.2, 0) is 21.4 Å². The van der Waals surface area contributed by atoms with Crippen molar-refractivity contribution < 1.29 is 14.3 Å². The Labute approximate surface area is 164 Å². The topological polar surface area (TPSA) is 114 Å². The number of fused-ring (bicyclic) bond motifs is 1. The SMILES string of the molecule is CCOC(=O)Cc1[nH]nc2c1C(c1ccc(C(C)(C)C)cc1)C(C#N)=C(N)O2. The van der Waals surface area contributed by atoms with E-state index in [4.69, 9.17) is 15.2 Å². The molecule has 1 aromatic carbocycles. The summed E-state index contributed by atoms with van der Waals surface area (Å²) < 4.78 is 10.6. The number of rotatable bonds is 4. The number of esters is 1. The maximum absolute atomic E-state index is 12.0. The lowest BCUT2D eigenvalue weighted by Gasteiger charge is -2.25. The van der Waals surface area contributed by atoms with E-state index in [1.165, 1.54) is 5.56 Å². The molecular weight excluding hydrogens is 356 g/mol. The van der Waals surface area contributed by atoms with E-state index in [0.29, 0.717) is 23.4 Å². The summed E-state index contributed by atoms with van der Waals surface area (Å²) in [5.41, 5.74) is 9.54. The predicted octanol–water partition coefficient (Wildman–Crippen LogP) is 3.03. The lowest BCUT2D eigenvalue weighted by atomic mass is 9.81. The van der Waals surface area contributed by atoms with Gasteiger partial charge in [-0.2, -0.15) is 5.26 Å². The Morgan fingerprint density at radius 2 is 2.04 bits per heavy atom. The van der Waals surface area contributed by atoms with Crippen molar-refractivity contribution in [2.75, 3.05) is 6.61 Å². The number of ether oxygens (including phenoxy) is 2. The summed E-state index contributed by atoms with van der Waals surface area (Å²) in [5, 5.41) is 16.7. The highest BCUT2D eigenvalue weighted by molar-refractivity contribution is 5.73. The maximum Gasteiger partial charge on any atom is 0.311 e. The Balaban J connectivity index is 2.08. The van der Waals surface area contributed by atoms with Gasteiger partial charge in [0.25, 0.3) is 0 Å². The van der Waals surface area contributed by atoms with E-state index < -0.39 is 5.92 Å². The molecule has 1 aliphatic heterocycles. The number of nitrogens with one attached hydrogen (secondary N) is 1. The lowest BCUT2D eigenvalue weighted by Crippen LogP contribution is -2.22. The van der Waals surface area contributed by atoms with E-state index in [1.54, 1.807) is 6.92 Å². The normalized spacial score (nSPS) is 16.2. The average Bonchev–Trinajstić information content (AvgIpc) is 3.02. The van der Waals surface area contributed by atoms with Crippen LogP contribution in [0.5, 0.6) is 5.88 Å². The van der Waals surface area contributed by atoms with Gasteiger partial charge in [0.05, 0.1) is 30.2 Å². The number of H-pyrrole nitrogens is 1. The average molecular weight is 380 g/mol. The third-order valence-corrected chi connectivity index (χ3v) is 4.75. The molecule has 7 nitrogen and oxygen atoms in total. The fourth-order valence-corrected chi connectivity index (χ4v) is 3.31. The summed E-state index contributed by atoms with van der Waals surface area (Å²) in [6, 6.07) is 10.2. The van der Waals surface area contributed by atoms with Crippen molar-refractivity contribution in [2.24, 2.45) is 5.73 Å². The lowest BCUT2D eigenvalue weighted by molar-refractivity contribution is -0.142. The molecule has 2 heterocycles. The number of allylic oxidation sites excluding steroid dienone is 1. The number of nitrogens with two attached hydrogens (primary N) is 1. The first-order chi connectivity index (χ1) is 13.3. The molecule has 3 rings (SSSR count). The molecule has 0 aliphatic carbocycles. The third-order valence-electron chi connectivity index (χ3n) is 4.75. The van der Waals surface area contributed by atoms with Crippen LogP contribution >= 0.6 is 0 Å². The van der Waals surface area contributed by atoms with Crippen LogP contribution < -0.4 is 10.5 Å². The van der Waals surface area contributed by atoms with Gasteiger partial charge < -0.3 is 15.2 Å². The Morgan fingerprint density at radius 3 is 2.61 bits per heavy atom. The first kappa shape index (κ1) is 19.5. The summed E-state index contributed by atoms with van der Waals surface area (Å²) in [6.45, 7) is 8.46. The van der Waals surface area contributed by atoms with Gasteiger partial charge >= 0.3 is 5.97 Å². The number of carbonyl (C=O) groups excluding carboxylic acids is 1. The molecule has 7 heteroatoms. The van der Waals surface area contributed by atoms with Gasteiger partial charge in [-0.15, -0.1) is 5.10 Å². The van der Waals surface area contributed by atoms with Crippen molar-refractivity contribution in [3.63, 3.8) is 0 Å². The van der Waals surface area contributed by atoms with Crippen LogP contribution in [0.1, 0.15) is 56.0 Å². The molecule has 28 heavy (non-hydrogen) atoms. The molecule has 1 aromatic heterocycles. The van der Waals surface area contributed by atoms with Gasteiger partial charge in [-0.05, 0) is 23.5 Å². The minimum absolute atomic E-state index is 0.00865. The summed E-state index contributed by atoms with van der Waals surface area (Å²) in [6.07, 6.45) is 0.00865. The fourth-order valence-electron chi connectivity index (χ4n) is 3.31. The molecular formula is C21H24N4O3. The van der Waals surface area contributed by atoms with E-state index in [9.17, 15) is 10.1 Å². The Hall–Kier alpha value is -3.27. The van der Waals surface area contributed by atoms with E-state index in [0.717, 1.165) is 5.56 Å². The Bertz CT molecular complexity index is 959. The minimum Gasteiger partial charge on any atom is -0.466 e. The standard InChI is InChI=1S/C21H24N4O3/c1-5-27-16(26)10-15-18-17(12-6-8-13(9-7-12)21(2,3)4)14(11-22)19(23)28-20(18)25-24-15/h6-9,17H,5,10,23H2,1-4H3,(H,24,25). The third kappa shape index (κ3) is 3.58. The quantitative estimate of drug-likeness (QED) is 0.788. The summed E-state index contributed by atoms with van der Waals surface area (Å²) in [5.74, 6) is -0.544. The summed E-state index contributed by atoms with van der Waals surface area (Å²) >= 11 is 0. The molecule has 146 valence electrons. The van der Waals surface area contributed by atoms with Gasteiger partial charge in [-0.3, -0.25) is 9.89 Å². The van der Waals surface area contributed by atoms with Crippen molar-refractivity contribution in [1.29, 1.82) is 5.26 Å². The van der Waals surface area contributed by atoms with Gasteiger partial charge in [-0.25, -0.2) is 0 Å². The maximum atomic E-state index is 12.0. The van der Waals surface area contributed by atoms with Crippen LogP contribution in [0.15, 0.2) is 35.7 Å². The van der Waals surface area contributed by atoms with E-state index >= 15 is 0 Å².